The molecule has 2 aromatic carbocycles. The highest BCUT2D eigenvalue weighted by Gasteiger charge is 2.20. The minimum atomic E-state index is -0.0978. The van der Waals surface area contributed by atoms with Crippen LogP contribution in [0.5, 0.6) is 0 Å². The zero-order valence-electron chi connectivity index (χ0n) is 15.3. The van der Waals surface area contributed by atoms with Crippen LogP contribution in [0.2, 0.25) is 0 Å². The maximum Gasteiger partial charge on any atom is 0.250 e. The summed E-state index contributed by atoms with van der Waals surface area (Å²) in [7, 11) is 1.69. The van der Waals surface area contributed by atoms with E-state index in [-0.39, 0.29) is 11.5 Å². The Morgan fingerprint density at radius 1 is 1.11 bits per heavy atom. The molecule has 0 aliphatic rings. The Kier molecular flexibility index (Phi) is 5.91. The van der Waals surface area contributed by atoms with Crippen molar-refractivity contribution in [2.75, 3.05) is 0 Å². The summed E-state index contributed by atoms with van der Waals surface area (Å²) < 4.78 is 2.51. The predicted molar refractivity (Wildman–Crippen MR) is 112 cm³/mol. The molecule has 0 radical (unpaired) electrons. The Hall–Kier alpha value is -2.66. The number of aryl methyl sites for hydroxylation is 2. The lowest BCUT2D eigenvalue weighted by molar-refractivity contribution is 0.317. The summed E-state index contributed by atoms with van der Waals surface area (Å²) in [6, 6.07) is 19.6. The first-order valence-electron chi connectivity index (χ1n) is 8.68. The number of hydrogen-bond acceptors (Lipinski definition) is 3. The van der Waals surface area contributed by atoms with Crippen LogP contribution in [0.3, 0.4) is 0 Å². The number of oxime groups is 1. The Morgan fingerprint density at radius 2 is 1.81 bits per heavy atom. The summed E-state index contributed by atoms with van der Waals surface area (Å²) in [4.78, 5) is 11.7. The van der Waals surface area contributed by atoms with Crippen molar-refractivity contribution in [3.8, 4) is 0 Å². The summed E-state index contributed by atoms with van der Waals surface area (Å²) in [6.45, 7) is 2.09. The van der Waals surface area contributed by atoms with Gasteiger partial charge < -0.3 is 9.77 Å². The molecular formula is C22H21BrN2O2. The minimum Gasteiger partial charge on any atom is -0.411 e. The SMILES string of the molecule is Cc1ccccc1[C@@H](CC(=NO)c1ccc(=O)n(C)c1)c1ccc(Br)cc1. The second-order valence-corrected chi connectivity index (χ2v) is 7.49. The molecule has 1 heterocycles. The highest BCUT2D eigenvalue weighted by atomic mass is 79.9. The molecule has 0 saturated carbocycles. The number of aromatic nitrogens is 1. The van der Waals surface area contributed by atoms with Crippen molar-refractivity contribution >= 4 is 21.6 Å². The van der Waals surface area contributed by atoms with Gasteiger partial charge >= 0.3 is 0 Å². The van der Waals surface area contributed by atoms with Gasteiger partial charge in [0.2, 0.25) is 5.56 Å². The summed E-state index contributed by atoms with van der Waals surface area (Å²) in [5, 5.41) is 13.2. The molecule has 1 N–H and O–H groups in total. The largest absolute Gasteiger partial charge is 0.411 e. The second-order valence-electron chi connectivity index (χ2n) is 6.58. The van der Waals surface area contributed by atoms with Crippen LogP contribution in [-0.2, 0) is 7.05 Å². The van der Waals surface area contributed by atoms with Crippen molar-refractivity contribution in [3.05, 3.63) is 104 Å². The van der Waals surface area contributed by atoms with Crippen LogP contribution in [0.15, 0.2) is 81.3 Å². The van der Waals surface area contributed by atoms with Gasteiger partial charge in [-0.1, -0.05) is 57.5 Å². The number of hydrogen-bond donors (Lipinski definition) is 1. The number of nitrogens with zero attached hydrogens (tertiary/aromatic N) is 2. The van der Waals surface area contributed by atoms with Crippen molar-refractivity contribution in [3.63, 3.8) is 0 Å². The molecule has 0 amide bonds. The van der Waals surface area contributed by atoms with Gasteiger partial charge in [-0.3, -0.25) is 4.79 Å². The lowest BCUT2D eigenvalue weighted by Crippen LogP contribution is -2.18. The van der Waals surface area contributed by atoms with Gasteiger partial charge in [0.25, 0.3) is 0 Å². The van der Waals surface area contributed by atoms with Crippen LogP contribution in [0, 0.1) is 6.92 Å². The van der Waals surface area contributed by atoms with Crippen LogP contribution in [0.1, 0.15) is 34.6 Å². The third-order valence-electron chi connectivity index (χ3n) is 4.77. The second kappa shape index (κ2) is 8.35. The number of benzene rings is 2. The van der Waals surface area contributed by atoms with Gasteiger partial charge in [-0.15, -0.1) is 0 Å². The maximum atomic E-state index is 11.7. The molecule has 0 bridgehead atoms. The van der Waals surface area contributed by atoms with Gasteiger partial charge in [0, 0.05) is 41.7 Å². The molecule has 4 nitrogen and oxygen atoms in total. The van der Waals surface area contributed by atoms with Gasteiger partial charge in [-0.05, 0) is 41.8 Å². The van der Waals surface area contributed by atoms with Gasteiger partial charge in [-0.25, -0.2) is 0 Å². The summed E-state index contributed by atoms with van der Waals surface area (Å²) >= 11 is 3.49. The van der Waals surface area contributed by atoms with E-state index in [1.165, 1.54) is 21.8 Å². The Bertz CT molecular complexity index is 1020. The highest BCUT2D eigenvalue weighted by molar-refractivity contribution is 9.10. The topological polar surface area (TPSA) is 54.6 Å². The van der Waals surface area contributed by atoms with Gasteiger partial charge in [-0.2, -0.15) is 0 Å². The minimum absolute atomic E-state index is 0.0300. The average Bonchev–Trinajstić information content (AvgIpc) is 2.67. The van der Waals surface area contributed by atoms with Gasteiger partial charge in [0.05, 0.1) is 5.71 Å². The monoisotopic (exact) mass is 424 g/mol. The Labute approximate surface area is 166 Å². The molecule has 1 atom stereocenters. The fourth-order valence-electron chi connectivity index (χ4n) is 3.25. The van der Waals surface area contributed by atoms with Crippen molar-refractivity contribution in [1.82, 2.24) is 4.57 Å². The smallest absolute Gasteiger partial charge is 0.250 e. The standard InChI is InChI=1S/C22H21BrN2O2/c1-15-5-3-4-6-19(15)20(16-7-10-18(23)11-8-16)13-21(24-27)17-9-12-22(26)25(2)14-17/h3-12,14,20,27H,13H2,1-2H3/t20-/m0/s1. The van der Waals surface area contributed by atoms with E-state index in [1.807, 2.05) is 24.3 Å². The van der Waals surface area contributed by atoms with Gasteiger partial charge in [0.1, 0.15) is 0 Å². The van der Waals surface area contributed by atoms with E-state index in [9.17, 15) is 10.0 Å². The van der Waals surface area contributed by atoms with Crippen LogP contribution < -0.4 is 5.56 Å². The van der Waals surface area contributed by atoms with E-state index < -0.39 is 0 Å². The highest BCUT2D eigenvalue weighted by Crippen LogP contribution is 2.32. The van der Waals surface area contributed by atoms with Crippen LogP contribution in [-0.4, -0.2) is 15.5 Å². The first-order chi connectivity index (χ1) is 13.0. The Balaban J connectivity index is 2.04. The lowest BCUT2D eigenvalue weighted by Gasteiger charge is -2.21. The summed E-state index contributed by atoms with van der Waals surface area (Å²) in [6.07, 6.45) is 2.22. The van der Waals surface area contributed by atoms with E-state index in [0.717, 1.165) is 15.6 Å². The number of rotatable bonds is 5. The molecule has 3 aromatic rings. The molecular weight excluding hydrogens is 404 g/mol. The Morgan fingerprint density at radius 3 is 2.44 bits per heavy atom. The van der Waals surface area contributed by atoms with Crippen LogP contribution >= 0.6 is 15.9 Å². The van der Waals surface area contributed by atoms with Crippen molar-refractivity contribution in [2.24, 2.45) is 12.2 Å². The first-order valence-corrected chi connectivity index (χ1v) is 9.48. The first kappa shape index (κ1) is 19.1. The van der Waals surface area contributed by atoms with Crippen molar-refractivity contribution in [2.45, 2.75) is 19.3 Å². The molecule has 0 aliphatic heterocycles. The molecule has 138 valence electrons. The summed E-state index contributed by atoms with van der Waals surface area (Å²) in [5.41, 5.74) is 4.68. The molecule has 0 aliphatic carbocycles. The molecule has 3 rings (SSSR count). The number of pyridine rings is 1. The number of halogens is 1. The van der Waals surface area contributed by atoms with Crippen molar-refractivity contribution in [1.29, 1.82) is 0 Å². The molecule has 1 aromatic heterocycles. The molecule has 0 spiro atoms. The quantitative estimate of drug-likeness (QED) is 0.361. The normalized spacial score (nSPS) is 12.8. The third kappa shape index (κ3) is 4.37. The van der Waals surface area contributed by atoms with E-state index in [0.29, 0.717) is 12.1 Å². The molecule has 5 heteroatoms. The summed E-state index contributed by atoms with van der Waals surface area (Å²) in [5.74, 6) is 0.0300. The van der Waals surface area contributed by atoms with E-state index in [4.69, 9.17) is 0 Å². The van der Waals surface area contributed by atoms with Gasteiger partial charge in [0.15, 0.2) is 0 Å². The lowest BCUT2D eigenvalue weighted by atomic mass is 9.83. The maximum absolute atomic E-state index is 11.7. The zero-order chi connectivity index (χ0) is 19.4. The van der Waals surface area contributed by atoms with E-state index in [2.05, 4.69) is 52.3 Å². The fraction of sp³-hybridized carbons (Fsp3) is 0.182. The third-order valence-corrected chi connectivity index (χ3v) is 5.30. The van der Waals surface area contributed by atoms with Crippen LogP contribution in [0.4, 0.5) is 0 Å². The zero-order valence-corrected chi connectivity index (χ0v) is 16.8. The van der Waals surface area contributed by atoms with Crippen LogP contribution in [0.25, 0.3) is 0 Å². The molecule has 0 unspecified atom stereocenters. The predicted octanol–water partition coefficient (Wildman–Crippen LogP) is 4.86. The molecule has 0 fully saturated rings. The fourth-order valence-corrected chi connectivity index (χ4v) is 3.52. The van der Waals surface area contributed by atoms with E-state index in [1.54, 1.807) is 19.3 Å². The molecule has 27 heavy (non-hydrogen) atoms. The average molecular weight is 425 g/mol. The molecule has 0 saturated heterocycles. The van der Waals surface area contributed by atoms with Crippen molar-refractivity contribution < 1.29 is 5.21 Å². The van der Waals surface area contributed by atoms with E-state index >= 15 is 0 Å².